The topological polar surface area (TPSA) is 40.6 Å². The smallest absolute Gasteiger partial charge is 0.321 e. The van der Waals surface area contributed by atoms with Crippen LogP contribution in [-0.4, -0.2) is 35.2 Å². The number of hydrogen-bond acceptors (Lipinski definition) is 2. The van der Waals surface area contributed by atoms with Gasteiger partial charge in [0, 0.05) is 20.0 Å². The first-order chi connectivity index (χ1) is 16.1. The third-order valence-electron chi connectivity index (χ3n) is 6.19. The lowest BCUT2D eigenvalue weighted by molar-refractivity contribution is -0.143. The van der Waals surface area contributed by atoms with Crippen LogP contribution >= 0.6 is 0 Å². The monoisotopic (exact) mass is 504 g/mol. The molecule has 1 saturated heterocycles. The number of likely N-dealkylation sites (tertiary alicyclic amines) is 1. The van der Waals surface area contributed by atoms with Gasteiger partial charge >= 0.3 is 18.4 Å². The van der Waals surface area contributed by atoms with Gasteiger partial charge in [0.25, 0.3) is 0 Å². The van der Waals surface area contributed by atoms with E-state index in [-0.39, 0.29) is 30.4 Å². The van der Waals surface area contributed by atoms with E-state index in [4.69, 9.17) is 0 Å². The van der Waals surface area contributed by atoms with Crippen LogP contribution in [0.4, 0.5) is 35.5 Å². The van der Waals surface area contributed by atoms with Crippen molar-refractivity contribution in [3.63, 3.8) is 0 Å². The van der Waals surface area contributed by atoms with E-state index in [1.807, 2.05) is 0 Å². The van der Waals surface area contributed by atoms with E-state index >= 15 is 0 Å². The Morgan fingerprint density at radius 3 is 2.11 bits per heavy atom. The molecule has 1 heterocycles. The predicted molar refractivity (Wildman–Crippen MR) is 113 cm³/mol. The second-order valence-corrected chi connectivity index (χ2v) is 8.58. The molecule has 0 radical (unpaired) electrons. The number of carbonyl (C=O) groups is 2. The average molecular weight is 504 g/mol. The first-order valence-electron chi connectivity index (χ1n) is 10.7. The predicted octanol–water partition coefficient (Wildman–Crippen LogP) is 6.69. The molecule has 1 aliphatic rings. The fourth-order valence-electron chi connectivity index (χ4n) is 4.17. The maximum Gasteiger partial charge on any atom is 0.416 e. The lowest BCUT2D eigenvalue weighted by Gasteiger charge is -2.39. The Labute approximate surface area is 197 Å². The quantitative estimate of drug-likeness (QED) is 0.437. The molecule has 3 rings (SSSR count). The average Bonchev–Trinajstić information content (AvgIpc) is 2.76. The van der Waals surface area contributed by atoms with E-state index in [1.165, 1.54) is 31.0 Å². The zero-order valence-corrected chi connectivity index (χ0v) is 19.1. The van der Waals surface area contributed by atoms with Crippen molar-refractivity contribution in [3.8, 4) is 0 Å². The SMILES string of the molecule is Cc1cc(F)ccc1[C@@H]1C(=O)CCCN1C(=O)N(C)[C@@H](C)c1cc(C(F)(F)F)cc(C(F)(F)F)c1. The number of piperidine rings is 1. The van der Waals surface area contributed by atoms with Gasteiger partial charge in [-0.25, -0.2) is 9.18 Å². The summed E-state index contributed by atoms with van der Waals surface area (Å²) in [5.74, 6) is -0.818. The van der Waals surface area contributed by atoms with E-state index in [0.29, 0.717) is 29.7 Å². The molecule has 11 heteroatoms. The van der Waals surface area contributed by atoms with Crippen molar-refractivity contribution < 1.29 is 40.3 Å². The third kappa shape index (κ3) is 5.59. The molecule has 190 valence electrons. The Kier molecular flexibility index (Phi) is 7.19. The van der Waals surface area contributed by atoms with E-state index < -0.39 is 47.4 Å². The summed E-state index contributed by atoms with van der Waals surface area (Å²) in [6.45, 7) is 3.02. The molecule has 0 aromatic heterocycles. The number of alkyl halides is 6. The fourth-order valence-corrected chi connectivity index (χ4v) is 4.17. The van der Waals surface area contributed by atoms with E-state index in [1.54, 1.807) is 6.92 Å². The number of benzene rings is 2. The van der Waals surface area contributed by atoms with Crippen LogP contribution in [0.3, 0.4) is 0 Å². The van der Waals surface area contributed by atoms with E-state index in [0.717, 1.165) is 11.0 Å². The van der Waals surface area contributed by atoms with Crippen LogP contribution in [0.15, 0.2) is 36.4 Å². The second kappa shape index (κ2) is 9.50. The molecule has 0 saturated carbocycles. The summed E-state index contributed by atoms with van der Waals surface area (Å²) in [5.41, 5.74) is -2.48. The molecule has 2 aromatic carbocycles. The summed E-state index contributed by atoms with van der Waals surface area (Å²) in [7, 11) is 1.24. The summed E-state index contributed by atoms with van der Waals surface area (Å²) in [4.78, 5) is 28.4. The summed E-state index contributed by atoms with van der Waals surface area (Å²) in [6.07, 6.45) is -9.54. The van der Waals surface area contributed by atoms with Gasteiger partial charge in [-0.05, 0) is 67.3 Å². The fraction of sp³-hybridized carbons (Fsp3) is 0.417. The van der Waals surface area contributed by atoms with Gasteiger partial charge in [-0.3, -0.25) is 4.79 Å². The van der Waals surface area contributed by atoms with Gasteiger partial charge in [0.1, 0.15) is 11.9 Å². The largest absolute Gasteiger partial charge is 0.416 e. The van der Waals surface area contributed by atoms with Crippen LogP contribution in [0.25, 0.3) is 0 Å². The Balaban J connectivity index is 1.98. The zero-order valence-electron chi connectivity index (χ0n) is 19.1. The Morgan fingerprint density at radius 1 is 1.03 bits per heavy atom. The number of carbonyl (C=O) groups excluding carboxylic acids is 2. The summed E-state index contributed by atoms with van der Waals surface area (Å²) in [6, 6.07) is 1.97. The molecule has 4 nitrogen and oxygen atoms in total. The number of nitrogens with zero attached hydrogens (tertiary/aromatic N) is 2. The molecular formula is C24H23F7N2O2. The van der Waals surface area contributed by atoms with Crippen molar-refractivity contribution in [2.24, 2.45) is 0 Å². The number of Topliss-reactive ketones (excluding diaryl/α,β-unsaturated/α-hetero) is 1. The minimum absolute atomic E-state index is 0.0225. The Morgan fingerprint density at radius 2 is 1.60 bits per heavy atom. The molecule has 0 spiro atoms. The molecule has 2 amide bonds. The van der Waals surface area contributed by atoms with Gasteiger partial charge in [-0.1, -0.05) is 6.07 Å². The molecule has 1 aliphatic heterocycles. The molecule has 0 unspecified atom stereocenters. The highest BCUT2D eigenvalue weighted by atomic mass is 19.4. The van der Waals surface area contributed by atoms with Gasteiger partial charge in [0.15, 0.2) is 5.78 Å². The minimum Gasteiger partial charge on any atom is -0.321 e. The van der Waals surface area contributed by atoms with Gasteiger partial charge in [-0.15, -0.1) is 0 Å². The normalized spacial score (nSPS) is 17.9. The van der Waals surface area contributed by atoms with Gasteiger partial charge in [-0.2, -0.15) is 26.3 Å². The zero-order chi connectivity index (χ0) is 26.3. The van der Waals surface area contributed by atoms with Crippen LogP contribution in [0, 0.1) is 12.7 Å². The van der Waals surface area contributed by atoms with Crippen LogP contribution in [0.2, 0.25) is 0 Å². The van der Waals surface area contributed by atoms with Crippen molar-refractivity contribution in [2.45, 2.75) is 51.1 Å². The summed E-state index contributed by atoms with van der Waals surface area (Å²) < 4.78 is 93.3. The lowest BCUT2D eigenvalue weighted by Crippen LogP contribution is -2.49. The van der Waals surface area contributed by atoms with Crippen LogP contribution in [0.5, 0.6) is 0 Å². The molecular weight excluding hydrogens is 481 g/mol. The number of hydrogen-bond donors (Lipinski definition) is 0. The number of urea groups is 1. The third-order valence-corrected chi connectivity index (χ3v) is 6.19. The van der Waals surface area contributed by atoms with Crippen molar-refractivity contribution in [1.82, 2.24) is 9.80 Å². The first kappa shape index (κ1) is 26.5. The maximum absolute atomic E-state index is 13.6. The molecule has 0 bridgehead atoms. The molecule has 0 aliphatic carbocycles. The van der Waals surface area contributed by atoms with Crippen molar-refractivity contribution in [3.05, 3.63) is 70.0 Å². The van der Waals surface area contributed by atoms with Crippen LogP contribution in [-0.2, 0) is 17.1 Å². The van der Waals surface area contributed by atoms with Crippen LogP contribution < -0.4 is 0 Å². The van der Waals surface area contributed by atoms with Gasteiger partial charge in [0.05, 0.1) is 17.2 Å². The number of rotatable bonds is 3. The molecule has 1 fully saturated rings. The Bertz CT molecular complexity index is 1100. The van der Waals surface area contributed by atoms with Crippen LogP contribution in [0.1, 0.15) is 59.7 Å². The Hall–Kier alpha value is -3.11. The van der Waals surface area contributed by atoms with Crippen molar-refractivity contribution in [2.75, 3.05) is 13.6 Å². The van der Waals surface area contributed by atoms with E-state index in [9.17, 15) is 40.3 Å². The maximum atomic E-state index is 13.6. The highest BCUT2D eigenvalue weighted by Gasteiger charge is 2.40. The van der Waals surface area contributed by atoms with Crippen molar-refractivity contribution >= 4 is 11.8 Å². The van der Waals surface area contributed by atoms with Gasteiger partial charge in [0.2, 0.25) is 0 Å². The first-order valence-corrected chi connectivity index (χ1v) is 10.7. The summed E-state index contributed by atoms with van der Waals surface area (Å²) in [5, 5.41) is 0. The molecule has 35 heavy (non-hydrogen) atoms. The number of aryl methyl sites for hydroxylation is 1. The highest BCUT2D eigenvalue weighted by molar-refractivity contribution is 5.91. The minimum atomic E-state index is -5.02. The highest BCUT2D eigenvalue weighted by Crippen LogP contribution is 2.39. The number of halogens is 7. The van der Waals surface area contributed by atoms with Gasteiger partial charge < -0.3 is 9.80 Å². The number of ketones is 1. The lowest BCUT2D eigenvalue weighted by atomic mass is 9.91. The second-order valence-electron chi connectivity index (χ2n) is 8.58. The van der Waals surface area contributed by atoms with E-state index in [2.05, 4.69) is 0 Å². The van der Waals surface area contributed by atoms with Crippen molar-refractivity contribution in [1.29, 1.82) is 0 Å². The molecule has 2 aromatic rings. The molecule has 2 atom stereocenters. The molecule has 0 N–H and O–H groups in total. The summed E-state index contributed by atoms with van der Waals surface area (Å²) >= 11 is 0. The standard InChI is InChI=1S/C24H23F7N2O2/c1-13-9-18(25)6-7-19(13)21-20(34)5-4-8-33(21)22(35)32(3)14(2)15-10-16(23(26,27)28)12-17(11-15)24(29,30)31/h6-7,9-12,14,21H,4-5,8H2,1-3H3/t14-,21+/m0/s1. The number of amides is 2.